The molecule has 0 N–H and O–H groups in total. The van der Waals surface area contributed by atoms with Crippen LogP contribution in [0.25, 0.3) is 10.2 Å². The van der Waals surface area contributed by atoms with Gasteiger partial charge in [0, 0.05) is 17.1 Å². The lowest BCUT2D eigenvalue weighted by Gasteiger charge is -2.22. The second kappa shape index (κ2) is 8.82. The SMILES string of the molecule is CN(C)CCCN(C(=O)c1ccc(C(C)(C)C)cc1)c1nc2ccc(Cl)cc2s1. The van der Waals surface area contributed by atoms with E-state index in [-0.39, 0.29) is 11.3 Å². The molecule has 1 amide bonds. The lowest BCUT2D eigenvalue weighted by molar-refractivity contribution is 0.0986. The van der Waals surface area contributed by atoms with Crippen molar-refractivity contribution in [2.75, 3.05) is 32.1 Å². The highest BCUT2D eigenvalue weighted by Gasteiger charge is 2.22. The number of anilines is 1. The van der Waals surface area contributed by atoms with E-state index in [9.17, 15) is 4.79 Å². The van der Waals surface area contributed by atoms with Crippen LogP contribution in [0, 0.1) is 0 Å². The fourth-order valence-corrected chi connectivity index (χ4v) is 4.37. The molecule has 2 aromatic carbocycles. The number of aromatic nitrogens is 1. The molecule has 0 aliphatic rings. The third kappa shape index (κ3) is 5.35. The van der Waals surface area contributed by atoms with E-state index >= 15 is 0 Å². The van der Waals surface area contributed by atoms with E-state index in [0.717, 1.165) is 23.2 Å². The summed E-state index contributed by atoms with van der Waals surface area (Å²) in [7, 11) is 4.08. The lowest BCUT2D eigenvalue weighted by atomic mass is 9.86. The van der Waals surface area contributed by atoms with Crippen LogP contribution in [0.5, 0.6) is 0 Å². The molecule has 0 saturated heterocycles. The number of carbonyl (C=O) groups is 1. The molecule has 3 aromatic rings. The summed E-state index contributed by atoms with van der Waals surface area (Å²) >= 11 is 7.63. The van der Waals surface area contributed by atoms with Crippen molar-refractivity contribution in [3.05, 3.63) is 58.6 Å². The summed E-state index contributed by atoms with van der Waals surface area (Å²) in [6.45, 7) is 8.03. The van der Waals surface area contributed by atoms with Crippen LogP contribution in [0.1, 0.15) is 43.1 Å². The maximum absolute atomic E-state index is 13.4. The van der Waals surface area contributed by atoms with Crippen LogP contribution in [-0.2, 0) is 5.41 Å². The molecule has 29 heavy (non-hydrogen) atoms. The molecule has 3 rings (SSSR count). The van der Waals surface area contributed by atoms with Gasteiger partial charge in [-0.1, -0.05) is 55.8 Å². The number of hydrogen-bond donors (Lipinski definition) is 0. The number of hydrogen-bond acceptors (Lipinski definition) is 4. The largest absolute Gasteiger partial charge is 0.309 e. The summed E-state index contributed by atoms with van der Waals surface area (Å²) in [5.41, 5.74) is 2.81. The molecule has 1 aromatic heterocycles. The van der Waals surface area contributed by atoms with Crippen LogP contribution >= 0.6 is 22.9 Å². The Morgan fingerprint density at radius 1 is 1.07 bits per heavy atom. The second-order valence-electron chi connectivity index (χ2n) is 8.55. The molecular formula is C23H28ClN3OS. The second-order valence-corrected chi connectivity index (χ2v) is 9.99. The van der Waals surface area contributed by atoms with Gasteiger partial charge in [0.05, 0.1) is 10.2 Å². The Bertz CT molecular complexity index is 990. The highest BCUT2D eigenvalue weighted by molar-refractivity contribution is 7.22. The quantitative estimate of drug-likeness (QED) is 0.493. The number of fused-ring (bicyclic) bond motifs is 1. The van der Waals surface area contributed by atoms with Crippen LogP contribution in [0.2, 0.25) is 5.02 Å². The van der Waals surface area contributed by atoms with Crippen molar-refractivity contribution in [3.63, 3.8) is 0 Å². The molecule has 0 spiro atoms. The van der Waals surface area contributed by atoms with Crippen molar-refractivity contribution in [1.82, 2.24) is 9.88 Å². The Labute approximate surface area is 182 Å². The van der Waals surface area contributed by atoms with Gasteiger partial charge in [-0.25, -0.2) is 4.98 Å². The Morgan fingerprint density at radius 2 is 1.76 bits per heavy atom. The molecule has 0 radical (unpaired) electrons. The summed E-state index contributed by atoms with van der Waals surface area (Å²) in [4.78, 5) is 22.0. The van der Waals surface area contributed by atoms with Crippen molar-refractivity contribution >= 4 is 44.2 Å². The molecule has 0 saturated carbocycles. The average Bonchev–Trinajstić information content (AvgIpc) is 3.06. The average molecular weight is 430 g/mol. The molecule has 0 atom stereocenters. The first-order chi connectivity index (χ1) is 13.6. The highest BCUT2D eigenvalue weighted by Crippen LogP contribution is 2.32. The third-order valence-corrected chi connectivity index (χ3v) is 6.08. The van der Waals surface area contributed by atoms with E-state index in [4.69, 9.17) is 16.6 Å². The number of halogens is 1. The molecule has 0 bridgehead atoms. The Kier molecular flexibility index (Phi) is 6.62. The first kappa shape index (κ1) is 21.8. The number of thiazole rings is 1. The van der Waals surface area contributed by atoms with Crippen LogP contribution in [-0.4, -0.2) is 43.0 Å². The van der Waals surface area contributed by atoms with E-state index < -0.39 is 0 Å². The molecule has 6 heteroatoms. The zero-order valence-electron chi connectivity index (χ0n) is 17.7. The van der Waals surface area contributed by atoms with Gasteiger partial charge in [-0.15, -0.1) is 0 Å². The Morgan fingerprint density at radius 3 is 2.38 bits per heavy atom. The van der Waals surface area contributed by atoms with Gasteiger partial charge in [0.15, 0.2) is 5.13 Å². The Hall–Kier alpha value is -1.95. The standard InChI is InChI=1S/C23H28ClN3OS/c1-23(2,3)17-9-7-16(8-10-17)21(28)27(14-6-13-26(4)5)22-25-19-12-11-18(24)15-20(19)29-22/h7-12,15H,6,13-14H2,1-5H3. The van der Waals surface area contributed by atoms with Gasteiger partial charge in [0.2, 0.25) is 0 Å². The van der Waals surface area contributed by atoms with Crippen LogP contribution in [0.4, 0.5) is 5.13 Å². The van der Waals surface area contributed by atoms with Gasteiger partial charge < -0.3 is 4.90 Å². The normalized spacial score (nSPS) is 12.0. The van der Waals surface area contributed by atoms with E-state index in [2.05, 4.69) is 25.7 Å². The van der Waals surface area contributed by atoms with Gasteiger partial charge >= 0.3 is 0 Å². The van der Waals surface area contributed by atoms with Crippen LogP contribution in [0.3, 0.4) is 0 Å². The minimum atomic E-state index is -0.0191. The monoisotopic (exact) mass is 429 g/mol. The maximum Gasteiger partial charge on any atom is 0.260 e. The molecule has 1 heterocycles. The lowest BCUT2D eigenvalue weighted by Crippen LogP contribution is -2.33. The Balaban J connectivity index is 1.92. The van der Waals surface area contributed by atoms with E-state index in [1.54, 1.807) is 4.90 Å². The minimum absolute atomic E-state index is 0.0191. The molecule has 0 aliphatic heterocycles. The maximum atomic E-state index is 13.4. The number of carbonyl (C=O) groups excluding carboxylic acids is 1. The number of rotatable bonds is 6. The topological polar surface area (TPSA) is 36.4 Å². The molecule has 0 aliphatic carbocycles. The van der Waals surface area contributed by atoms with Crippen molar-refractivity contribution in [2.45, 2.75) is 32.6 Å². The molecule has 154 valence electrons. The summed E-state index contributed by atoms with van der Waals surface area (Å²) in [5.74, 6) is -0.0191. The molecular weight excluding hydrogens is 402 g/mol. The first-order valence-electron chi connectivity index (χ1n) is 9.78. The minimum Gasteiger partial charge on any atom is -0.309 e. The zero-order chi connectivity index (χ0) is 21.2. The zero-order valence-corrected chi connectivity index (χ0v) is 19.3. The molecule has 4 nitrogen and oxygen atoms in total. The van der Waals surface area contributed by atoms with Gasteiger partial charge in [-0.2, -0.15) is 0 Å². The smallest absolute Gasteiger partial charge is 0.260 e. The predicted molar refractivity (Wildman–Crippen MR) is 125 cm³/mol. The number of benzene rings is 2. The van der Waals surface area contributed by atoms with Gasteiger partial charge in [-0.05, 0) is 68.4 Å². The van der Waals surface area contributed by atoms with Gasteiger partial charge in [-0.3, -0.25) is 9.69 Å². The van der Waals surface area contributed by atoms with E-state index in [1.165, 1.54) is 16.9 Å². The predicted octanol–water partition coefficient (Wildman–Crippen LogP) is 5.85. The van der Waals surface area contributed by atoms with Crippen molar-refractivity contribution in [3.8, 4) is 0 Å². The van der Waals surface area contributed by atoms with E-state index in [0.29, 0.717) is 22.3 Å². The van der Waals surface area contributed by atoms with Crippen molar-refractivity contribution < 1.29 is 4.79 Å². The van der Waals surface area contributed by atoms with Crippen molar-refractivity contribution in [1.29, 1.82) is 0 Å². The van der Waals surface area contributed by atoms with E-state index in [1.807, 2.05) is 56.6 Å². The van der Waals surface area contributed by atoms with Crippen molar-refractivity contribution in [2.24, 2.45) is 0 Å². The highest BCUT2D eigenvalue weighted by atomic mass is 35.5. The summed E-state index contributed by atoms with van der Waals surface area (Å²) in [6, 6.07) is 13.6. The summed E-state index contributed by atoms with van der Waals surface area (Å²) < 4.78 is 0.987. The first-order valence-corrected chi connectivity index (χ1v) is 11.0. The van der Waals surface area contributed by atoms with Crippen LogP contribution < -0.4 is 4.90 Å². The molecule has 0 unspecified atom stereocenters. The van der Waals surface area contributed by atoms with Gasteiger partial charge in [0.25, 0.3) is 5.91 Å². The van der Waals surface area contributed by atoms with Crippen LogP contribution in [0.15, 0.2) is 42.5 Å². The molecule has 0 fully saturated rings. The number of nitrogens with zero attached hydrogens (tertiary/aromatic N) is 3. The van der Waals surface area contributed by atoms with Gasteiger partial charge in [0.1, 0.15) is 0 Å². The fraction of sp³-hybridized carbons (Fsp3) is 0.391. The summed E-state index contributed by atoms with van der Waals surface area (Å²) in [5, 5.41) is 1.39. The number of amides is 1. The third-order valence-electron chi connectivity index (χ3n) is 4.80. The fourth-order valence-electron chi connectivity index (χ4n) is 3.10. The summed E-state index contributed by atoms with van der Waals surface area (Å²) in [6.07, 6.45) is 0.871.